The van der Waals surface area contributed by atoms with E-state index in [1.54, 1.807) is 27.7 Å². The monoisotopic (exact) mass is 499 g/mol. The number of rotatable bonds is 8. The smallest absolute Gasteiger partial charge is 0.497 e. The molecule has 1 heterocycles. The summed E-state index contributed by atoms with van der Waals surface area (Å²) >= 11 is -1.69. The first-order chi connectivity index (χ1) is 15.6. The lowest BCUT2D eigenvalue weighted by Gasteiger charge is -2.32. The van der Waals surface area contributed by atoms with Crippen LogP contribution in [0.15, 0.2) is 6.07 Å². The van der Waals surface area contributed by atoms with Crippen molar-refractivity contribution in [2.24, 2.45) is 0 Å². The minimum atomic E-state index is -1.69. The van der Waals surface area contributed by atoms with Gasteiger partial charge < -0.3 is 18.6 Å². The highest BCUT2D eigenvalue weighted by Gasteiger charge is 2.53. The van der Waals surface area contributed by atoms with Crippen LogP contribution in [0.3, 0.4) is 0 Å². The molecule has 1 aromatic rings. The van der Waals surface area contributed by atoms with E-state index in [1.807, 2.05) is 27.7 Å². The van der Waals surface area contributed by atoms with Crippen molar-refractivity contribution in [1.82, 2.24) is 4.72 Å². The van der Waals surface area contributed by atoms with Crippen molar-refractivity contribution in [1.29, 1.82) is 0 Å². The molecular formula is C24H36BF2NO5S. The van der Waals surface area contributed by atoms with E-state index in [0.29, 0.717) is 5.56 Å². The van der Waals surface area contributed by atoms with Crippen molar-refractivity contribution in [3.8, 4) is 0 Å². The van der Waals surface area contributed by atoms with Crippen molar-refractivity contribution < 1.29 is 32.2 Å². The molecule has 6 nitrogen and oxygen atoms in total. The molecule has 1 saturated heterocycles. The lowest BCUT2D eigenvalue weighted by atomic mass is 9.75. The zero-order valence-electron chi connectivity index (χ0n) is 21.3. The molecular weight excluding hydrogens is 463 g/mol. The van der Waals surface area contributed by atoms with Gasteiger partial charge in [0.1, 0.15) is 16.4 Å². The zero-order valence-corrected chi connectivity index (χ0v) is 22.2. The molecule has 1 aliphatic carbocycles. The van der Waals surface area contributed by atoms with E-state index in [2.05, 4.69) is 4.72 Å². The van der Waals surface area contributed by atoms with Gasteiger partial charge in [0.2, 0.25) is 0 Å². The molecule has 1 aromatic carbocycles. The summed E-state index contributed by atoms with van der Waals surface area (Å²) in [6.45, 7) is 14.4. The molecule has 190 valence electrons. The van der Waals surface area contributed by atoms with Crippen LogP contribution in [-0.4, -0.2) is 40.2 Å². The Kier molecular flexibility index (Phi) is 7.81. The third-order valence-electron chi connectivity index (χ3n) is 6.65. The number of hydrogen-bond acceptors (Lipinski definition) is 6. The third-order valence-corrected chi connectivity index (χ3v) is 8.26. The second-order valence-electron chi connectivity index (χ2n) is 11.0. The van der Waals surface area contributed by atoms with E-state index in [4.69, 9.17) is 14.0 Å². The SMILES string of the molecule is CCOC(=O)CC(N[S@+]([O-])C(C)(C)C)c1c(F)c(B2OC(C)(C)C(C)(C)O2)cc(C2CC2)c1F. The van der Waals surface area contributed by atoms with E-state index >= 15 is 8.78 Å². The fourth-order valence-electron chi connectivity index (χ4n) is 3.74. The van der Waals surface area contributed by atoms with Crippen LogP contribution in [0.4, 0.5) is 8.78 Å². The summed E-state index contributed by atoms with van der Waals surface area (Å²) in [5.41, 5.74) is -1.32. The molecule has 1 saturated carbocycles. The quantitative estimate of drug-likeness (QED) is 0.328. The van der Waals surface area contributed by atoms with Gasteiger partial charge in [0.15, 0.2) is 0 Å². The standard InChI is InChI=1S/C24H36BF2NO5S/c1-9-31-18(29)13-17(28-34(30)22(2,3)4)19-20(26)15(14-10-11-14)12-16(21(19)27)25-32-23(5,6)24(7,8)33-25/h12,14,17,28H,9-11,13H2,1-8H3/t17?,34-/m1/s1. The van der Waals surface area contributed by atoms with Gasteiger partial charge in [-0.3, -0.25) is 4.79 Å². The van der Waals surface area contributed by atoms with Crippen molar-refractivity contribution >= 4 is 29.9 Å². The fraction of sp³-hybridized carbons (Fsp3) is 0.708. The summed E-state index contributed by atoms with van der Waals surface area (Å²) in [5.74, 6) is -2.28. The Balaban J connectivity index is 2.12. The van der Waals surface area contributed by atoms with E-state index in [-0.39, 0.29) is 30.0 Å². The maximum atomic E-state index is 16.1. The zero-order chi connectivity index (χ0) is 25.6. The Hall–Kier alpha value is -1.20. The van der Waals surface area contributed by atoms with Gasteiger partial charge >= 0.3 is 13.1 Å². The molecule has 1 N–H and O–H groups in total. The van der Waals surface area contributed by atoms with Crippen LogP contribution in [0.5, 0.6) is 0 Å². The van der Waals surface area contributed by atoms with Crippen molar-refractivity contribution in [3.63, 3.8) is 0 Å². The van der Waals surface area contributed by atoms with Gasteiger partial charge in [-0.05, 0) is 79.7 Å². The third kappa shape index (κ3) is 5.62. The summed E-state index contributed by atoms with van der Waals surface area (Å²) in [6.07, 6.45) is 1.20. The van der Waals surface area contributed by atoms with Crippen LogP contribution in [0, 0.1) is 11.6 Å². The van der Waals surface area contributed by atoms with E-state index in [9.17, 15) is 9.35 Å². The number of halogens is 2. The predicted molar refractivity (Wildman–Crippen MR) is 129 cm³/mol. The van der Waals surface area contributed by atoms with E-state index < -0.39 is 58.1 Å². The number of hydrogen-bond donors (Lipinski definition) is 1. The first kappa shape index (κ1) is 27.4. The molecule has 2 atom stereocenters. The maximum absolute atomic E-state index is 16.1. The maximum Gasteiger partial charge on any atom is 0.497 e. The largest absolute Gasteiger partial charge is 0.598 e. The second-order valence-corrected chi connectivity index (χ2v) is 13.0. The molecule has 3 rings (SSSR count). The summed E-state index contributed by atoms with van der Waals surface area (Å²) in [5, 5.41) is 0. The lowest BCUT2D eigenvalue weighted by molar-refractivity contribution is -0.143. The van der Waals surface area contributed by atoms with Gasteiger partial charge in [0.25, 0.3) is 0 Å². The van der Waals surface area contributed by atoms with Crippen molar-refractivity contribution in [3.05, 3.63) is 28.8 Å². The molecule has 0 bridgehead atoms. The van der Waals surface area contributed by atoms with E-state index in [0.717, 1.165) is 12.8 Å². The topological polar surface area (TPSA) is 79.9 Å². The highest BCUT2D eigenvalue weighted by atomic mass is 32.2. The lowest BCUT2D eigenvalue weighted by Crippen LogP contribution is -2.44. The van der Waals surface area contributed by atoms with E-state index in [1.165, 1.54) is 6.07 Å². The van der Waals surface area contributed by atoms with Crippen LogP contribution < -0.4 is 10.2 Å². The van der Waals surface area contributed by atoms with Crippen molar-refractivity contribution in [2.45, 2.75) is 103 Å². The Morgan fingerprint density at radius 2 is 1.79 bits per heavy atom. The van der Waals surface area contributed by atoms with Gasteiger partial charge in [-0.25, -0.2) is 8.78 Å². The second kappa shape index (κ2) is 9.69. The normalized spacial score (nSPS) is 21.4. The summed E-state index contributed by atoms with van der Waals surface area (Å²) in [7, 11) is -1.04. The first-order valence-electron chi connectivity index (χ1n) is 11.8. The summed E-state index contributed by atoms with van der Waals surface area (Å²) < 4.78 is 64.0. The molecule has 10 heteroatoms. The molecule has 0 aromatic heterocycles. The highest BCUT2D eigenvalue weighted by molar-refractivity contribution is 7.90. The van der Waals surface area contributed by atoms with Gasteiger partial charge in [0.05, 0.1) is 30.3 Å². The van der Waals surface area contributed by atoms with Crippen molar-refractivity contribution in [2.75, 3.05) is 6.61 Å². The number of esters is 1. The molecule has 1 unspecified atom stereocenters. The van der Waals surface area contributed by atoms with Gasteiger partial charge in [-0.15, -0.1) is 4.72 Å². The summed E-state index contributed by atoms with van der Waals surface area (Å²) in [6, 6.07) is 0.287. The fourth-order valence-corrected chi connectivity index (χ4v) is 4.55. The Morgan fingerprint density at radius 3 is 2.26 bits per heavy atom. The van der Waals surface area contributed by atoms with Gasteiger partial charge in [-0.1, -0.05) is 6.07 Å². The summed E-state index contributed by atoms with van der Waals surface area (Å²) in [4.78, 5) is 12.4. The number of benzene rings is 1. The number of carbonyl (C=O) groups excluding carboxylic acids is 1. The predicted octanol–water partition coefficient (Wildman–Crippen LogP) is 4.19. The van der Waals surface area contributed by atoms with Crippen LogP contribution in [0.25, 0.3) is 0 Å². The average molecular weight is 499 g/mol. The van der Waals surface area contributed by atoms with Crippen LogP contribution in [-0.2, 0) is 30.2 Å². The number of ether oxygens (including phenoxy) is 1. The average Bonchev–Trinajstić information content (AvgIpc) is 3.48. The Labute approximate surface area is 204 Å². The molecule has 2 fully saturated rings. The molecule has 34 heavy (non-hydrogen) atoms. The Morgan fingerprint density at radius 1 is 1.24 bits per heavy atom. The number of nitrogens with one attached hydrogen (secondary N) is 1. The molecule has 1 aliphatic heterocycles. The Bertz CT molecular complexity index is 917. The van der Waals surface area contributed by atoms with Gasteiger partial charge in [0, 0.05) is 22.4 Å². The molecule has 0 amide bonds. The molecule has 2 aliphatic rings. The molecule has 0 spiro atoms. The number of carbonyl (C=O) groups is 1. The molecule has 0 radical (unpaired) electrons. The van der Waals surface area contributed by atoms with Crippen LogP contribution in [0.1, 0.15) is 97.7 Å². The highest BCUT2D eigenvalue weighted by Crippen LogP contribution is 2.44. The van der Waals surface area contributed by atoms with Gasteiger partial charge in [-0.2, -0.15) is 0 Å². The minimum absolute atomic E-state index is 0.0446. The first-order valence-corrected chi connectivity index (χ1v) is 12.9. The van der Waals surface area contributed by atoms with Crippen LogP contribution >= 0.6 is 0 Å². The van der Waals surface area contributed by atoms with Crippen LogP contribution in [0.2, 0.25) is 0 Å². The minimum Gasteiger partial charge on any atom is -0.598 e.